The van der Waals surface area contributed by atoms with E-state index in [0.717, 1.165) is 11.6 Å². The van der Waals surface area contributed by atoms with E-state index in [1.54, 1.807) is 24.0 Å². The Hall–Kier alpha value is -2.31. The number of piperidine rings is 1. The summed E-state index contributed by atoms with van der Waals surface area (Å²) in [4.78, 5) is 26.2. The number of aromatic nitrogens is 1. The average molecular weight is 391 g/mol. The van der Waals surface area contributed by atoms with Gasteiger partial charge in [0, 0.05) is 42.8 Å². The van der Waals surface area contributed by atoms with Crippen molar-refractivity contribution in [2.24, 2.45) is 0 Å². The molecule has 0 radical (unpaired) electrons. The zero-order chi connectivity index (χ0) is 19.6. The van der Waals surface area contributed by atoms with Crippen molar-refractivity contribution in [1.29, 1.82) is 0 Å². The number of rotatable bonds is 4. The van der Waals surface area contributed by atoms with Crippen LogP contribution in [-0.4, -0.2) is 38.7 Å². The molecule has 0 saturated carbocycles. The number of likely N-dealkylation sites (tertiary alicyclic amines) is 1. The van der Waals surface area contributed by atoms with Crippen LogP contribution in [-0.2, 0) is 16.9 Å². The van der Waals surface area contributed by atoms with Crippen LogP contribution in [0.5, 0.6) is 5.75 Å². The maximum atomic E-state index is 12.5. The minimum Gasteiger partial charge on any atom is -0.508 e. The van der Waals surface area contributed by atoms with Crippen LogP contribution in [0.25, 0.3) is 0 Å². The Morgan fingerprint density at radius 1 is 1.19 bits per heavy atom. The van der Waals surface area contributed by atoms with Gasteiger partial charge < -0.3 is 19.7 Å². The largest absolute Gasteiger partial charge is 0.508 e. The molecule has 2 heterocycles. The second-order valence-corrected chi connectivity index (χ2v) is 7.45. The minimum absolute atomic E-state index is 0.0486. The highest BCUT2D eigenvalue weighted by molar-refractivity contribution is 6.30. The van der Waals surface area contributed by atoms with Crippen LogP contribution in [0.4, 0.5) is 0 Å². The van der Waals surface area contributed by atoms with Crippen LogP contribution in [0.3, 0.4) is 0 Å². The van der Waals surface area contributed by atoms with Gasteiger partial charge in [0.2, 0.25) is 5.91 Å². The van der Waals surface area contributed by atoms with Gasteiger partial charge in [0.15, 0.2) is 0 Å². The first-order valence-electron chi connectivity index (χ1n) is 8.95. The average Bonchev–Trinajstić information content (AvgIpc) is 2.61. The van der Waals surface area contributed by atoms with E-state index in [9.17, 15) is 19.8 Å². The highest BCUT2D eigenvalue weighted by atomic mass is 35.5. The molecule has 3 rings (SSSR count). The van der Waals surface area contributed by atoms with Gasteiger partial charge in [0.25, 0.3) is 5.56 Å². The van der Waals surface area contributed by atoms with Crippen LogP contribution in [0.2, 0.25) is 5.02 Å². The predicted molar refractivity (Wildman–Crippen MR) is 103 cm³/mol. The number of aryl methyl sites for hydroxylation is 1. The van der Waals surface area contributed by atoms with Crippen molar-refractivity contribution < 1.29 is 15.0 Å². The summed E-state index contributed by atoms with van der Waals surface area (Å²) in [5, 5.41) is 20.9. The lowest BCUT2D eigenvalue weighted by molar-refractivity contribution is -0.136. The molecule has 1 aliphatic rings. The molecule has 0 atom stereocenters. The van der Waals surface area contributed by atoms with E-state index in [2.05, 4.69) is 0 Å². The quantitative estimate of drug-likeness (QED) is 0.839. The van der Waals surface area contributed by atoms with Crippen molar-refractivity contribution in [2.75, 3.05) is 13.1 Å². The van der Waals surface area contributed by atoms with Crippen LogP contribution in [0.15, 0.2) is 41.2 Å². The molecule has 1 aromatic carbocycles. The highest BCUT2D eigenvalue weighted by Crippen LogP contribution is 2.33. The first-order valence-corrected chi connectivity index (χ1v) is 9.33. The van der Waals surface area contributed by atoms with Crippen LogP contribution in [0.1, 0.15) is 30.5 Å². The highest BCUT2D eigenvalue weighted by Gasteiger charge is 2.35. The first-order chi connectivity index (χ1) is 12.8. The lowest BCUT2D eigenvalue weighted by atomic mass is 9.84. The van der Waals surface area contributed by atoms with Crippen molar-refractivity contribution in [3.05, 3.63) is 63.0 Å². The Balaban J connectivity index is 1.59. The number of hydrogen-bond acceptors (Lipinski definition) is 4. The number of carbonyl (C=O) groups excluding carboxylic acids is 1. The van der Waals surface area contributed by atoms with Crippen molar-refractivity contribution in [2.45, 2.75) is 38.3 Å². The number of aliphatic hydroxyl groups is 1. The number of benzene rings is 1. The molecule has 144 valence electrons. The van der Waals surface area contributed by atoms with E-state index in [1.807, 2.05) is 12.1 Å². The second kappa shape index (κ2) is 7.74. The van der Waals surface area contributed by atoms with E-state index < -0.39 is 5.60 Å². The molecule has 27 heavy (non-hydrogen) atoms. The standard InChI is InChI=1S/C20H23ClN2O4/c1-14-12-17(24)13-19(26)23(14)9-6-18(25)22-10-7-20(27,8-11-22)15-2-4-16(21)5-3-15/h2-5,12-13,24,27H,6-11H2,1H3. The Morgan fingerprint density at radius 3 is 2.41 bits per heavy atom. The third-order valence-corrected chi connectivity index (χ3v) is 5.45. The molecular weight excluding hydrogens is 368 g/mol. The molecule has 1 saturated heterocycles. The Kier molecular flexibility index (Phi) is 5.58. The molecule has 1 aromatic heterocycles. The molecule has 2 aromatic rings. The number of hydrogen-bond donors (Lipinski definition) is 2. The molecule has 0 aliphatic carbocycles. The van der Waals surface area contributed by atoms with Gasteiger partial charge in [-0.15, -0.1) is 0 Å². The molecule has 0 bridgehead atoms. The number of pyridine rings is 1. The summed E-state index contributed by atoms with van der Waals surface area (Å²) in [6.45, 7) is 2.91. The summed E-state index contributed by atoms with van der Waals surface area (Å²) < 4.78 is 1.48. The van der Waals surface area contributed by atoms with Gasteiger partial charge in [0.05, 0.1) is 5.60 Å². The molecule has 0 spiro atoms. The van der Waals surface area contributed by atoms with Gasteiger partial charge in [0.1, 0.15) is 5.75 Å². The zero-order valence-corrected chi connectivity index (χ0v) is 15.9. The molecule has 6 nitrogen and oxygen atoms in total. The summed E-state index contributed by atoms with van der Waals surface area (Å²) in [5.74, 6) is -0.120. The monoisotopic (exact) mass is 390 g/mol. The Morgan fingerprint density at radius 2 is 1.81 bits per heavy atom. The van der Waals surface area contributed by atoms with Gasteiger partial charge in [-0.2, -0.15) is 0 Å². The van der Waals surface area contributed by atoms with Gasteiger partial charge >= 0.3 is 0 Å². The lowest BCUT2D eigenvalue weighted by Crippen LogP contribution is -2.45. The topological polar surface area (TPSA) is 82.8 Å². The van der Waals surface area contributed by atoms with Crippen molar-refractivity contribution >= 4 is 17.5 Å². The maximum absolute atomic E-state index is 12.5. The Labute approximate surface area is 162 Å². The Bertz CT molecular complexity index is 884. The minimum atomic E-state index is -0.953. The normalized spacial score (nSPS) is 16.3. The molecular formula is C20H23ClN2O4. The van der Waals surface area contributed by atoms with Crippen molar-refractivity contribution in [3.8, 4) is 5.75 Å². The number of nitrogens with zero attached hydrogens (tertiary/aromatic N) is 2. The van der Waals surface area contributed by atoms with Crippen LogP contribution < -0.4 is 5.56 Å². The van der Waals surface area contributed by atoms with E-state index in [0.29, 0.717) is 36.6 Å². The van der Waals surface area contributed by atoms with Crippen LogP contribution >= 0.6 is 11.6 Å². The fraction of sp³-hybridized carbons (Fsp3) is 0.400. The smallest absolute Gasteiger partial charge is 0.254 e. The molecule has 2 N–H and O–H groups in total. The van der Waals surface area contributed by atoms with Crippen molar-refractivity contribution in [1.82, 2.24) is 9.47 Å². The van der Waals surface area contributed by atoms with E-state index >= 15 is 0 Å². The summed E-state index contributed by atoms with van der Waals surface area (Å²) in [7, 11) is 0. The summed E-state index contributed by atoms with van der Waals surface area (Å²) >= 11 is 5.90. The van der Waals surface area contributed by atoms with Crippen LogP contribution in [0, 0.1) is 6.92 Å². The summed E-state index contributed by atoms with van der Waals surface area (Å²) in [6.07, 6.45) is 1.11. The summed E-state index contributed by atoms with van der Waals surface area (Å²) in [5.41, 5.74) is 0.149. The third kappa shape index (κ3) is 4.34. The predicted octanol–water partition coefficient (Wildman–Crippen LogP) is 2.42. The number of carbonyl (C=O) groups is 1. The van der Waals surface area contributed by atoms with Crippen molar-refractivity contribution in [3.63, 3.8) is 0 Å². The second-order valence-electron chi connectivity index (χ2n) is 7.01. The molecule has 1 amide bonds. The third-order valence-electron chi connectivity index (χ3n) is 5.19. The van der Waals surface area contributed by atoms with Gasteiger partial charge in [-0.25, -0.2) is 0 Å². The van der Waals surface area contributed by atoms with E-state index in [1.165, 1.54) is 10.6 Å². The van der Waals surface area contributed by atoms with Gasteiger partial charge in [-0.1, -0.05) is 23.7 Å². The molecule has 1 fully saturated rings. The molecule has 7 heteroatoms. The van der Waals surface area contributed by atoms with Gasteiger partial charge in [-0.3, -0.25) is 9.59 Å². The molecule has 1 aliphatic heterocycles. The fourth-order valence-electron chi connectivity index (χ4n) is 3.54. The molecule has 0 unspecified atom stereocenters. The first kappa shape index (κ1) is 19.5. The zero-order valence-electron chi connectivity index (χ0n) is 15.2. The number of amides is 1. The number of aromatic hydroxyl groups is 1. The SMILES string of the molecule is Cc1cc(O)cc(=O)n1CCC(=O)N1CCC(O)(c2ccc(Cl)cc2)CC1. The van der Waals surface area contributed by atoms with E-state index in [-0.39, 0.29) is 30.2 Å². The van der Waals surface area contributed by atoms with E-state index in [4.69, 9.17) is 11.6 Å². The number of halogens is 1. The lowest BCUT2D eigenvalue weighted by Gasteiger charge is -2.38. The summed E-state index contributed by atoms with van der Waals surface area (Å²) in [6, 6.07) is 9.79. The fourth-order valence-corrected chi connectivity index (χ4v) is 3.66. The van der Waals surface area contributed by atoms with Gasteiger partial charge in [-0.05, 0) is 43.5 Å². The maximum Gasteiger partial charge on any atom is 0.254 e.